The van der Waals surface area contributed by atoms with Crippen LogP contribution < -0.4 is 10.1 Å². The van der Waals surface area contributed by atoms with Crippen LogP contribution in [0.15, 0.2) is 42.5 Å². The van der Waals surface area contributed by atoms with Gasteiger partial charge in [0.05, 0.1) is 7.11 Å². The Morgan fingerprint density at radius 3 is 2.52 bits per heavy atom. The van der Waals surface area contributed by atoms with E-state index >= 15 is 0 Å². The first-order valence-corrected chi connectivity index (χ1v) is 6.88. The second-order valence-corrected chi connectivity index (χ2v) is 5.30. The number of nitrogens with one attached hydrogen (secondary N) is 1. The molecule has 0 saturated carbocycles. The molecule has 21 heavy (non-hydrogen) atoms. The zero-order valence-electron chi connectivity index (χ0n) is 12.0. The first kappa shape index (κ1) is 13.5. The fourth-order valence-electron chi connectivity index (χ4n) is 2.86. The van der Waals surface area contributed by atoms with Gasteiger partial charge in [0.2, 0.25) is 5.91 Å². The number of carbonyl (C=O) groups excluding carboxylic acids is 1. The number of carbonyl (C=O) groups is 1. The molecule has 2 aromatic rings. The molecular weight excluding hydrogens is 266 g/mol. The van der Waals surface area contributed by atoms with Gasteiger partial charge in [-0.2, -0.15) is 0 Å². The minimum Gasteiger partial charge on any atom is -0.508 e. The number of phenols is 1. The number of anilines is 1. The average molecular weight is 283 g/mol. The Hall–Kier alpha value is -2.49. The van der Waals surface area contributed by atoms with Crippen molar-refractivity contribution in [1.29, 1.82) is 0 Å². The van der Waals surface area contributed by atoms with Crippen LogP contribution >= 0.6 is 0 Å². The molecule has 108 valence electrons. The van der Waals surface area contributed by atoms with E-state index in [9.17, 15) is 9.90 Å². The van der Waals surface area contributed by atoms with Gasteiger partial charge in [-0.3, -0.25) is 4.79 Å². The number of amides is 1. The summed E-state index contributed by atoms with van der Waals surface area (Å²) in [5.41, 5.74) is 2.86. The van der Waals surface area contributed by atoms with Gasteiger partial charge in [0.1, 0.15) is 11.5 Å². The molecular formula is C17H17NO3. The Kier molecular flexibility index (Phi) is 3.29. The van der Waals surface area contributed by atoms with Crippen molar-refractivity contribution in [3.8, 4) is 11.5 Å². The molecule has 1 aliphatic rings. The standard InChI is InChI=1S/C17H17NO3/c1-10-16(11-3-5-12(19)6-4-11)14-9-13(21-2)7-8-15(14)18-17(10)20/h3-10,16,19H,1-2H3,(H,18,20). The number of aromatic hydroxyl groups is 1. The van der Waals surface area contributed by atoms with Gasteiger partial charge in [0.15, 0.2) is 0 Å². The minimum absolute atomic E-state index is 0.00532. The lowest BCUT2D eigenvalue weighted by atomic mass is 9.78. The van der Waals surface area contributed by atoms with Gasteiger partial charge in [-0.15, -0.1) is 0 Å². The van der Waals surface area contributed by atoms with Crippen molar-refractivity contribution in [2.45, 2.75) is 12.8 Å². The summed E-state index contributed by atoms with van der Waals surface area (Å²) < 4.78 is 5.29. The first-order valence-electron chi connectivity index (χ1n) is 6.88. The number of benzene rings is 2. The third-order valence-electron chi connectivity index (χ3n) is 4.02. The molecule has 0 aromatic heterocycles. The zero-order chi connectivity index (χ0) is 15.0. The van der Waals surface area contributed by atoms with Crippen molar-refractivity contribution in [2.24, 2.45) is 5.92 Å². The Morgan fingerprint density at radius 2 is 1.86 bits per heavy atom. The van der Waals surface area contributed by atoms with Gasteiger partial charge in [-0.25, -0.2) is 0 Å². The quantitative estimate of drug-likeness (QED) is 0.890. The van der Waals surface area contributed by atoms with Gasteiger partial charge < -0.3 is 15.2 Å². The van der Waals surface area contributed by atoms with Gasteiger partial charge in [0, 0.05) is 17.5 Å². The van der Waals surface area contributed by atoms with Crippen molar-refractivity contribution in [1.82, 2.24) is 0 Å². The second-order valence-electron chi connectivity index (χ2n) is 5.30. The maximum Gasteiger partial charge on any atom is 0.228 e. The molecule has 0 spiro atoms. The van der Waals surface area contributed by atoms with Crippen LogP contribution in [-0.2, 0) is 4.79 Å². The Morgan fingerprint density at radius 1 is 1.14 bits per heavy atom. The minimum atomic E-state index is -0.186. The van der Waals surface area contributed by atoms with E-state index in [0.29, 0.717) is 0 Å². The fraction of sp³-hybridized carbons (Fsp3) is 0.235. The van der Waals surface area contributed by atoms with Crippen LogP contribution in [0.3, 0.4) is 0 Å². The second kappa shape index (κ2) is 5.13. The van der Waals surface area contributed by atoms with Gasteiger partial charge in [-0.1, -0.05) is 19.1 Å². The predicted octanol–water partition coefficient (Wildman–Crippen LogP) is 3.12. The smallest absolute Gasteiger partial charge is 0.228 e. The number of hydrogen-bond acceptors (Lipinski definition) is 3. The normalized spacial score (nSPS) is 20.6. The van der Waals surface area contributed by atoms with Crippen molar-refractivity contribution in [3.63, 3.8) is 0 Å². The predicted molar refractivity (Wildman–Crippen MR) is 80.7 cm³/mol. The monoisotopic (exact) mass is 283 g/mol. The summed E-state index contributed by atoms with van der Waals surface area (Å²) in [4.78, 5) is 12.2. The van der Waals surface area contributed by atoms with Crippen molar-refractivity contribution < 1.29 is 14.6 Å². The van der Waals surface area contributed by atoms with Gasteiger partial charge >= 0.3 is 0 Å². The van der Waals surface area contributed by atoms with E-state index in [1.807, 2.05) is 37.3 Å². The van der Waals surface area contributed by atoms with E-state index in [2.05, 4.69) is 5.32 Å². The van der Waals surface area contributed by atoms with E-state index in [-0.39, 0.29) is 23.5 Å². The average Bonchev–Trinajstić information content (AvgIpc) is 2.49. The number of ether oxygens (including phenoxy) is 1. The number of rotatable bonds is 2. The Balaban J connectivity index is 2.14. The van der Waals surface area contributed by atoms with E-state index in [4.69, 9.17) is 4.74 Å². The molecule has 2 unspecified atom stereocenters. The van der Waals surface area contributed by atoms with Crippen molar-refractivity contribution in [3.05, 3.63) is 53.6 Å². The number of hydrogen-bond donors (Lipinski definition) is 2. The van der Waals surface area contributed by atoms with Gasteiger partial charge in [0.25, 0.3) is 0 Å². The zero-order valence-corrected chi connectivity index (χ0v) is 12.0. The third kappa shape index (κ3) is 2.33. The molecule has 2 atom stereocenters. The van der Waals surface area contributed by atoms with E-state index in [0.717, 1.165) is 22.6 Å². The highest BCUT2D eigenvalue weighted by Gasteiger charge is 2.33. The molecule has 1 amide bonds. The Bertz CT molecular complexity index is 679. The maximum absolute atomic E-state index is 12.2. The highest BCUT2D eigenvalue weighted by Crippen LogP contribution is 2.42. The molecule has 1 aliphatic heterocycles. The Labute approximate surface area is 123 Å². The summed E-state index contributed by atoms with van der Waals surface area (Å²) in [6.07, 6.45) is 0. The lowest BCUT2D eigenvalue weighted by Crippen LogP contribution is -2.32. The molecule has 0 saturated heterocycles. The molecule has 2 aromatic carbocycles. The molecule has 0 radical (unpaired) electrons. The summed E-state index contributed by atoms with van der Waals surface area (Å²) in [6.45, 7) is 1.91. The molecule has 4 heteroatoms. The topological polar surface area (TPSA) is 58.6 Å². The largest absolute Gasteiger partial charge is 0.508 e. The highest BCUT2D eigenvalue weighted by atomic mass is 16.5. The van der Waals surface area contributed by atoms with Crippen LogP contribution in [0.25, 0.3) is 0 Å². The summed E-state index contributed by atoms with van der Waals surface area (Å²) in [5, 5.41) is 12.4. The lowest BCUT2D eigenvalue weighted by molar-refractivity contribution is -0.120. The molecule has 1 heterocycles. The number of fused-ring (bicyclic) bond motifs is 1. The number of phenolic OH excluding ortho intramolecular Hbond substituents is 1. The summed E-state index contributed by atoms with van der Waals surface area (Å²) in [7, 11) is 1.63. The molecule has 2 N–H and O–H groups in total. The fourth-order valence-corrected chi connectivity index (χ4v) is 2.86. The first-order chi connectivity index (χ1) is 10.1. The molecule has 0 aliphatic carbocycles. The van der Waals surface area contributed by atoms with E-state index < -0.39 is 0 Å². The summed E-state index contributed by atoms with van der Waals surface area (Å²) in [5.74, 6) is 0.753. The van der Waals surface area contributed by atoms with Crippen LogP contribution in [0, 0.1) is 5.92 Å². The van der Waals surface area contributed by atoms with Crippen LogP contribution in [0.4, 0.5) is 5.69 Å². The highest BCUT2D eigenvalue weighted by molar-refractivity contribution is 5.97. The third-order valence-corrected chi connectivity index (χ3v) is 4.02. The molecule has 0 fully saturated rings. The van der Waals surface area contributed by atoms with Crippen LogP contribution in [-0.4, -0.2) is 18.1 Å². The molecule has 4 nitrogen and oxygen atoms in total. The van der Waals surface area contributed by atoms with Crippen LogP contribution in [0.1, 0.15) is 24.0 Å². The van der Waals surface area contributed by atoms with Crippen molar-refractivity contribution >= 4 is 11.6 Å². The lowest BCUT2D eigenvalue weighted by Gasteiger charge is -2.31. The van der Waals surface area contributed by atoms with Gasteiger partial charge in [-0.05, 0) is 41.5 Å². The summed E-state index contributed by atoms with van der Waals surface area (Å²) >= 11 is 0. The van der Waals surface area contributed by atoms with E-state index in [1.54, 1.807) is 19.2 Å². The van der Waals surface area contributed by atoms with Crippen molar-refractivity contribution in [2.75, 3.05) is 12.4 Å². The molecule has 0 bridgehead atoms. The molecule has 3 rings (SSSR count). The summed E-state index contributed by atoms with van der Waals surface area (Å²) in [6, 6.07) is 12.7. The number of methoxy groups -OCH3 is 1. The van der Waals surface area contributed by atoms with Crippen LogP contribution in [0.2, 0.25) is 0 Å². The van der Waals surface area contributed by atoms with E-state index in [1.165, 1.54) is 0 Å². The van der Waals surface area contributed by atoms with Crippen LogP contribution in [0.5, 0.6) is 11.5 Å². The SMILES string of the molecule is COc1ccc2c(c1)C(c1ccc(O)cc1)C(C)C(=O)N2. The maximum atomic E-state index is 12.2.